The van der Waals surface area contributed by atoms with E-state index in [1.807, 2.05) is 0 Å². The summed E-state index contributed by atoms with van der Waals surface area (Å²) in [5.41, 5.74) is 0. The number of alkyl halides is 8. The Labute approximate surface area is 127 Å². The Kier molecular flexibility index (Phi) is 6.25. The van der Waals surface area contributed by atoms with Crippen LogP contribution in [-0.2, 0) is 4.79 Å². The second kappa shape index (κ2) is 7.21. The van der Waals surface area contributed by atoms with Gasteiger partial charge in [0, 0.05) is 6.04 Å². The molecule has 0 radical (unpaired) electrons. The van der Waals surface area contributed by atoms with E-state index in [9.17, 15) is 39.9 Å². The quantitative estimate of drug-likeness (QED) is 0.729. The Morgan fingerprint density at radius 2 is 1.30 bits per heavy atom. The monoisotopic (exact) mass is 355 g/mol. The largest absolute Gasteiger partial charge is 0.392 e. The van der Waals surface area contributed by atoms with Gasteiger partial charge in [0.15, 0.2) is 0 Å². The molecule has 1 rings (SSSR count). The number of carbonyl (C=O) groups excluding carboxylic acids is 1. The standard InChI is InChI=1S/C13H17F8NO/c14-9(15)11(16,17)13(20,21)12(18,19)10(23)22-8-6-4-2-1-3-5-7-8/h8-9H,1-7H2,(H,22,23). The lowest BCUT2D eigenvalue weighted by Crippen LogP contribution is -2.63. The van der Waals surface area contributed by atoms with E-state index in [2.05, 4.69) is 0 Å². The third-order valence-corrected chi connectivity index (χ3v) is 3.81. The molecule has 0 aliphatic heterocycles. The van der Waals surface area contributed by atoms with E-state index in [4.69, 9.17) is 0 Å². The zero-order chi connectivity index (χ0) is 17.9. The van der Waals surface area contributed by atoms with Gasteiger partial charge in [-0.3, -0.25) is 4.79 Å². The van der Waals surface area contributed by atoms with Gasteiger partial charge in [-0.1, -0.05) is 32.1 Å². The first kappa shape index (κ1) is 20.0. The average molecular weight is 355 g/mol. The van der Waals surface area contributed by atoms with Gasteiger partial charge in [-0.05, 0) is 12.8 Å². The van der Waals surface area contributed by atoms with E-state index < -0.39 is 36.1 Å². The van der Waals surface area contributed by atoms with Gasteiger partial charge in [-0.15, -0.1) is 0 Å². The maximum absolute atomic E-state index is 13.4. The molecule has 0 aromatic carbocycles. The van der Waals surface area contributed by atoms with Crippen molar-refractivity contribution in [1.82, 2.24) is 5.32 Å². The highest BCUT2D eigenvalue weighted by Gasteiger charge is 2.78. The third kappa shape index (κ3) is 4.06. The third-order valence-electron chi connectivity index (χ3n) is 3.81. The zero-order valence-corrected chi connectivity index (χ0v) is 12.0. The summed E-state index contributed by atoms with van der Waals surface area (Å²) in [4.78, 5) is 11.3. The summed E-state index contributed by atoms with van der Waals surface area (Å²) in [6.07, 6.45) is -1.00. The van der Waals surface area contributed by atoms with Crippen LogP contribution in [0.2, 0.25) is 0 Å². The van der Waals surface area contributed by atoms with E-state index in [1.54, 1.807) is 5.32 Å². The highest BCUT2D eigenvalue weighted by atomic mass is 19.4. The molecule has 0 aromatic heterocycles. The van der Waals surface area contributed by atoms with Crippen molar-refractivity contribution >= 4 is 5.91 Å². The Hall–Kier alpha value is -1.09. The van der Waals surface area contributed by atoms with E-state index in [-0.39, 0.29) is 12.8 Å². The van der Waals surface area contributed by atoms with Crippen molar-refractivity contribution in [2.45, 2.75) is 75.2 Å². The minimum Gasteiger partial charge on any atom is -0.348 e. The molecule has 0 heterocycles. The molecular weight excluding hydrogens is 338 g/mol. The van der Waals surface area contributed by atoms with E-state index in [0.29, 0.717) is 12.8 Å². The number of hydrogen-bond acceptors (Lipinski definition) is 1. The van der Waals surface area contributed by atoms with Crippen LogP contribution < -0.4 is 5.32 Å². The van der Waals surface area contributed by atoms with Crippen LogP contribution in [0.25, 0.3) is 0 Å². The molecular formula is C13H17F8NO. The molecule has 1 saturated carbocycles. The molecule has 1 aliphatic carbocycles. The van der Waals surface area contributed by atoms with Crippen LogP contribution in [0.5, 0.6) is 0 Å². The highest BCUT2D eigenvalue weighted by molar-refractivity contribution is 5.85. The predicted octanol–water partition coefficient (Wildman–Crippen LogP) is 4.39. The van der Waals surface area contributed by atoms with Crippen LogP contribution in [-0.4, -0.2) is 36.1 Å². The first-order valence-electron chi connectivity index (χ1n) is 7.17. The molecule has 0 spiro atoms. The summed E-state index contributed by atoms with van der Waals surface area (Å²) in [6.45, 7) is 0. The van der Waals surface area contributed by atoms with Crippen molar-refractivity contribution in [3.63, 3.8) is 0 Å². The molecule has 0 aromatic rings. The molecule has 1 fully saturated rings. The van der Waals surface area contributed by atoms with Crippen molar-refractivity contribution in [1.29, 1.82) is 0 Å². The van der Waals surface area contributed by atoms with Crippen molar-refractivity contribution < 1.29 is 39.9 Å². The summed E-state index contributed by atoms with van der Waals surface area (Å²) < 4.78 is 102. The molecule has 10 heteroatoms. The Bertz CT molecular complexity index is 405. The fraction of sp³-hybridized carbons (Fsp3) is 0.923. The molecule has 0 unspecified atom stereocenters. The maximum Gasteiger partial charge on any atom is 0.392 e. The Morgan fingerprint density at radius 3 is 1.74 bits per heavy atom. The molecule has 1 amide bonds. The van der Waals surface area contributed by atoms with Crippen molar-refractivity contribution in [3.05, 3.63) is 0 Å². The molecule has 2 nitrogen and oxygen atoms in total. The molecule has 136 valence electrons. The lowest BCUT2D eigenvalue weighted by molar-refractivity contribution is -0.328. The van der Waals surface area contributed by atoms with Crippen LogP contribution in [0.3, 0.4) is 0 Å². The van der Waals surface area contributed by atoms with Crippen molar-refractivity contribution in [2.75, 3.05) is 0 Å². The Balaban J connectivity index is 2.86. The highest BCUT2D eigenvalue weighted by Crippen LogP contribution is 2.48. The topological polar surface area (TPSA) is 29.1 Å². The van der Waals surface area contributed by atoms with Crippen molar-refractivity contribution in [3.8, 4) is 0 Å². The van der Waals surface area contributed by atoms with Crippen LogP contribution in [0.4, 0.5) is 35.1 Å². The van der Waals surface area contributed by atoms with Crippen LogP contribution >= 0.6 is 0 Å². The molecule has 0 saturated heterocycles. The number of nitrogens with one attached hydrogen (secondary N) is 1. The summed E-state index contributed by atoms with van der Waals surface area (Å²) in [5.74, 6) is -21.4. The summed E-state index contributed by atoms with van der Waals surface area (Å²) in [5, 5.41) is 1.60. The molecule has 0 atom stereocenters. The molecule has 0 bridgehead atoms. The van der Waals surface area contributed by atoms with Gasteiger partial charge in [0.2, 0.25) is 0 Å². The first-order valence-corrected chi connectivity index (χ1v) is 7.17. The van der Waals surface area contributed by atoms with E-state index >= 15 is 0 Å². The van der Waals surface area contributed by atoms with Crippen LogP contribution in [0.1, 0.15) is 44.9 Å². The maximum atomic E-state index is 13.4. The molecule has 1 N–H and O–H groups in total. The summed E-state index contributed by atoms with van der Waals surface area (Å²) in [7, 11) is 0. The Morgan fingerprint density at radius 1 is 0.870 bits per heavy atom. The number of hydrogen-bond donors (Lipinski definition) is 1. The SMILES string of the molecule is O=C(NC1CCCCCCC1)C(F)(F)C(F)(F)C(F)(F)C(F)F. The van der Waals surface area contributed by atoms with Crippen LogP contribution in [0, 0.1) is 0 Å². The van der Waals surface area contributed by atoms with E-state index in [1.165, 1.54) is 0 Å². The lowest BCUT2D eigenvalue weighted by Gasteiger charge is -2.32. The summed E-state index contributed by atoms with van der Waals surface area (Å²) in [6, 6.07) is -0.871. The summed E-state index contributed by atoms with van der Waals surface area (Å²) >= 11 is 0. The smallest absolute Gasteiger partial charge is 0.348 e. The normalized spacial score (nSPS) is 19.3. The van der Waals surface area contributed by atoms with Gasteiger partial charge in [0.05, 0.1) is 0 Å². The zero-order valence-electron chi connectivity index (χ0n) is 12.0. The van der Waals surface area contributed by atoms with E-state index in [0.717, 1.165) is 19.3 Å². The van der Waals surface area contributed by atoms with Gasteiger partial charge >= 0.3 is 24.2 Å². The minimum absolute atomic E-state index is 0.235. The van der Waals surface area contributed by atoms with Gasteiger partial charge < -0.3 is 5.32 Å². The van der Waals surface area contributed by atoms with Gasteiger partial charge in [0.25, 0.3) is 5.91 Å². The second-order valence-corrected chi connectivity index (χ2v) is 5.59. The fourth-order valence-corrected chi connectivity index (χ4v) is 2.37. The van der Waals surface area contributed by atoms with Gasteiger partial charge in [0.1, 0.15) is 0 Å². The number of carbonyl (C=O) groups is 1. The number of halogens is 8. The number of amides is 1. The van der Waals surface area contributed by atoms with Gasteiger partial charge in [-0.25, -0.2) is 8.78 Å². The fourth-order valence-electron chi connectivity index (χ4n) is 2.37. The average Bonchev–Trinajstić information content (AvgIpc) is 2.40. The van der Waals surface area contributed by atoms with Gasteiger partial charge in [-0.2, -0.15) is 26.3 Å². The van der Waals surface area contributed by atoms with Crippen LogP contribution in [0.15, 0.2) is 0 Å². The number of rotatable bonds is 5. The second-order valence-electron chi connectivity index (χ2n) is 5.59. The predicted molar refractivity (Wildman–Crippen MR) is 65.1 cm³/mol. The lowest BCUT2D eigenvalue weighted by atomic mass is 9.96. The first-order chi connectivity index (χ1) is 10.4. The minimum atomic E-state index is -6.50. The molecule has 23 heavy (non-hydrogen) atoms. The molecule has 1 aliphatic rings. The van der Waals surface area contributed by atoms with Crippen molar-refractivity contribution in [2.24, 2.45) is 0 Å².